The van der Waals surface area contributed by atoms with E-state index in [4.69, 9.17) is 4.74 Å². The molecule has 3 atom stereocenters. The summed E-state index contributed by atoms with van der Waals surface area (Å²) >= 11 is 2.11. The number of rotatable bonds is 8. The molecule has 1 N–H and O–H groups in total. The van der Waals surface area contributed by atoms with Crippen LogP contribution in [-0.4, -0.2) is 37.8 Å². The molecule has 1 aliphatic heterocycles. The van der Waals surface area contributed by atoms with Gasteiger partial charge in [-0.3, -0.25) is 0 Å². The van der Waals surface area contributed by atoms with Gasteiger partial charge in [0.15, 0.2) is 0 Å². The summed E-state index contributed by atoms with van der Waals surface area (Å²) in [5, 5.41) is 3.75. The summed E-state index contributed by atoms with van der Waals surface area (Å²) in [6.07, 6.45) is 3.80. The highest BCUT2D eigenvalue weighted by molar-refractivity contribution is 7.99. The van der Waals surface area contributed by atoms with Crippen LogP contribution < -0.4 is 5.32 Å². The van der Waals surface area contributed by atoms with Gasteiger partial charge in [-0.1, -0.05) is 13.8 Å². The molecule has 1 saturated heterocycles. The third-order valence-electron chi connectivity index (χ3n) is 3.49. The molecule has 1 heterocycles. The molecule has 1 fully saturated rings. The topological polar surface area (TPSA) is 21.3 Å². The van der Waals surface area contributed by atoms with Gasteiger partial charge in [0.25, 0.3) is 0 Å². The van der Waals surface area contributed by atoms with Crippen molar-refractivity contribution in [3.8, 4) is 0 Å². The van der Waals surface area contributed by atoms with Crippen molar-refractivity contribution < 1.29 is 4.74 Å². The summed E-state index contributed by atoms with van der Waals surface area (Å²) in [6.45, 7) is 6.66. The average molecular weight is 245 g/mol. The lowest BCUT2D eigenvalue weighted by Crippen LogP contribution is -2.42. The Kier molecular flexibility index (Phi) is 7.50. The van der Waals surface area contributed by atoms with Crippen molar-refractivity contribution >= 4 is 11.8 Å². The van der Waals surface area contributed by atoms with Gasteiger partial charge in [-0.15, -0.1) is 0 Å². The fraction of sp³-hybridized carbons (Fsp3) is 1.00. The first-order valence-electron chi connectivity index (χ1n) is 6.59. The molecule has 0 bridgehead atoms. The lowest BCUT2D eigenvalue weighted by molar-refractivity contribution is 0.160. The third-order valence-corrected chi connectivity index (χ3v) is 4.68. The van der Waals surface area contributed by atoms with Crippen molar-refractivity contribution in [2.75, 3.05) is 31.8 Å². The Morgan fingerprint density at radius 1 is 1.50 bits per heavy atom. The van der Waals surface area contributed by atoms with Crippen molar-refractivity contribution in [2.24, 2.45) is 11.8 Å². The second-order valence-corrected chi connectivity index (χ2v) is 6.01. The van der Waals surface area contributed by atoms with Gasteiger partial charge in [-0.05, 0) is 49.1 Å². The van der Waals surface area contributed by atoms with Gasteiger partial charge in [-0.2, -0.15) is 11.8 Å². The summed E-state index contributed by atoms with van der Waals surface area (Å²) in [5.74, 6) is 4.31. The molecule has 1 aliphatic rings. The monoisotopic (exact) mass is 245 g/mol. The second kappa shape index (κ2) is 8.37. The average Bonchev–Trinajstić information content (AvgIpc) is 2.80. The molecule has 1 rings (SSSR count). The number of methoxy groups -OCH3 is 1. The fourth-order valence-corrected chi connectivity index (χ4v) is 3.78. The zero-order chi connectivity index (χ0) is 11.8. The normalized spacial score (nSPS) is 24.6. The van der Waals surface area contributed by atoms with Crippen LogP contribution in [0, 0.1) is 11.8 Å². The van der Waals surface area contributed by atoms with E-state index in [-0.39, 0.29) is 0 Å². The zero-order valence-corrected chi connectivity index (χ0v) is 11.8. The van der Waals surface area contributed by atoms with E-state index in [1.807, 2.05) is 0 Å². The van der Waals surface area contributed by atoms with E-state index in [9.17, 15) is 0 Å². The number of nitrogens with one attached hydrogen (secondary N) is 1. The fourth-order valence-electron chi connectivity index (χ4n) is 2.46. The Hall–Kier alpha value is 0.270. The van der Waals surface area contributed by atoms with E-state index in [1.54, 1.807) is 7.11 Å². The minimum absolute atomic E-state index is 0.699. The maximum atomic E-state index is 5.20. The van der Waals surface area contributed by atoms with Crippen molar-refractivity contribution in [1.82, 2.24) is 5.32 Å². The first-order chi connectivity index (χ1) is 7.79. The van der Waals surface area contributed by atoms with Crippen LogP contribution in [0.5, 0.6) is 0 Å². The van der Waals surface area contributed by atoms with Crippen LogP contribution in [0.1, 0.15) is 33.1 Å². The minimum atomic E-state index is 0.699. The molecule has 3 unspecified atom stereocenters. The molecule has 0 aliphatic carbocycles. The molecule has 96 valence electrons. The van der Waals surface area contributed by atoms with Gasteiger partial charge in [0.1, 0.15) is 0 Å². The summed E-state index contributed by atoms with van der Waals surface area (Å²) in [6, 6.07) is 0.699. The number of ether oxygens (including phenoxy) is 1. The van der Waals surface area contributed by atoms with Crippen LogP contribution in [0.2, 0.25) is 0 Å². The van der Waals surface area contributed by atoms with Gasteiger partial charge in [0.05, 0.1) is 0 Å². The molecule has 0 radical (unpaired) electrons. The maximum absolute atomic E-state index is 5.20. The first-order valence-corrected chi connectivity index (χ1v) is 7.75. The Balaban J connectivity index is 2.40. The van der Waals surface area contributed by atoms with E-state index >= 15 is 0 Å². The smallest absolute Gasteiger partial charge is 0.0465 e. The third kappa shape index (κ3) is 4.64. The molecule has 0 aromatic rings. The Morgan fingerprint density at radius 2 is 2.31 bits per heavy atom. The SMILES string of the molecule is CCCNC(C(C)CCOC)C1CCSC1. The predicted octanol–water partition coefficient (Wildman–Crippen LogP) is 2.78. The highest BCUT2D eigenvalue weighted by Crippen LogP contribution is 2.30. The lowest BCUT2D eigenvalue weighted by Gasteiger charge is -2.30. The summed E-state index contributed by atoms with van der Waals surface area (Å²) in [5.41, 5.74) is 0. The molecule has 2 nitrogen and oxygen atoms in total. The predicted molar refractivity (Wildman–Crippen MR) is 73.2 cm³/mol. The molecule has 0 saturated carbocycles. The first kappa shape index (κ1) is 14.3. The summed E-state index contributed by atoms with van der Waals surface area (Å²) in [4.78, 5) is 0. The molecular formula is C13H27NOS. The quantitative estimate of drug-likeness (QED) is 0.710. The van der Waals surface area contributed by atoms with Crippen LogP contribution >= 0.6 is 11.8 Å². The molecule has 3 heteroatoms. The van der Waals surface area contributed by atoms with Gasteiger partial charge in [0, 0.05) is 19.8 Å². The summed E-state index contributed by atoms with van der Waals surface area (Å²) in [7, 11) is 1.80. The highest BCUT2D eigenvalue weighted by Gasteiger charge is 2.28. The van der Waals surface area contributed by atoms with Crippen molar-refractivity contribution in [3.05, 3.63) is 0 Å². The van der Waals surface area contributed by atoms with Gasteiger partial charge < -0.3 is 10.1 Å². The molecule has 0 spiro atoms. The van der Waals surface area contributed by atoms with Crippen molar-refractivity contribution in [2.45, 2.75) is 39.2 Å². The molecule has 0 aromatic heterocycles. The van der Waals surface area contributed by atoms with Crippen LogP contribution in [0.4, 0.5) is 0 Å². The zero-order valence-electron chi connectivity index (χ0n) is 11.0. The second-order valence-electron chi connectivity index (χ2n) is 4.86. The van der Waals surface area contributed by atoms with E-state index in [0.29, 0.717) is 6.04 Å². The Labute approximate surface area is 105 Å². The van der Waals surface area contributed by atoms with E-state index in [2.05, 4.69) is 30.9 Å². The molecule has 0 amide bonds. The molecular weight excluding hydrogens is 218 g/mol. The van der Waals surface area contributed by atoms with E-state index in [0.717, 1.165) is 25.0 Å². The van der Waals surface area contributed by atoms with Crippen molar-refractivity contribution in [3.63, 3.8) is 0 Å². The lowest BCUT2D eigenvalue weighted by atomic mass is 9.87. The van der Waals surface area contributed by atoms with Gasteiger partial charge >= 0.3 is 0 Å². The van der Waals surface area contributed by atoms with Gasteiger partial charge in [-0.25, -0.2) is 0 Å². The maximum Gasteiger partial charge on any atom is 0.0465 e. The number of hydrogen-bond acceptors (Lipinski definition) is 3. The molecule has 0 aromatic carbocycles. The Morgan fingerprint density at radius 3 is 2.88 bits per heavy atom. The highest BCUT2D eigenvalue weighted by atomic mass is 32.2. The van der Waals surface area contributed by atoms with Crippen LogP contribution in [0.25, 0.3) is 0 Å². The van der Waals surface area contributed by atoms with E-state index in [1.165, 1.54) is 30.8 Å². The van der Waals surface area contributed by atoms with Gasteiger partial charge in [0.2, 0.25) is 0 Å². The number of hydrogen-bond donors (Lipinski definition) is 1. The van der Waals surface area contributed by atoms with E-state index < -0.39 is 0 Å². The minimum Gasteiger partial charge on any atom is -0.385 e. The van der Waals surface area contributed by atoms with Crippen LogP contribution in [0.3, 0.4) is 0 Å². The largest absolute Gasteiger partial charge is 0.385 e. The van der Waals surface area contributed by atoms with Crippen molar-refractivity contribution in [1.29, 1.82) is 0 Å². The summed E-state index contributed by atoms with van der Waals surface area (Å²) < 4.78 is 5.20. The van der Waals surface area contributed by atoms with Crippen LogP contribution in [-0.2, 0) is 4.74 Å². The number of thioether (sulfide) groups is 1. The standard InChI is InChI=1S/C13H27NOS/c1-4-7-14-13(11(2)5-8-15-3)12-6-9-16-10-12/h11-14H,4-10H2,1-3H3. The molecule has 16 heavy (non-hydrogen) atoms. The Bertz CT molecular complexity index is 171. The van der Waals surface area contributed by atoms with Crippen LogP contribution in [0.15, 0.2) is 0 Å².